The maximum absolute atomic E-state index is 12.1. The van der Waals surface area contributed by atoms with Crippen LogP contribution < -0.4 is 10.1 Å². The molecule has 1 amide bonds. The highest BCUT2D eigenvalue weighted by atomic mass is 16.5. The Balaban J connectivity index is 1.57. The lowest BCUT2D eigenvalue weighted by atomic mass is 10.2. The van der Waals surface area contributed by atoms with Crippen molar-refractivity contribution in [1.82, 2.24) is 15.3 Å². The molecule has 0 unspecified atom stereocenters. The Morgan fingerprint density at radius 1 is 1.45 bits per heavy atom. The summed E-state index contributed by atoms with van der Waals surface area (Å²) >= 11 is 0. The third kappa shape index (κ3) is 3.63. The highest BCUT2D eigenvalue weighted by molar-refractivity contribution is 5.93. The van der Waals surface area contributed by atoms with Crippen LogP contribution in [0.15, 0.2) is 22.7 Å². The molecule has 1 fully saturated rings. The topological polar surface area (TPSA) is 77.2 Å². The molecule has 0 aliphatic heterocycles. The molecule has 0 aromatic carbocycles. The highest BCUT2D eigenvalue weighted by Gasteiger charge is 2.22. The van der Waals surface area contributed by atoms with Crippen molar-refractivity contribution in [3.63, 3.8) is 0 Å². The fourth-order valence-corrected chi connectivity index (χ4v) is 2.13. The summed E-state index contributed by atoms with van der Waals surface area (Å²) in [6, 6.07) is 3.70. The SMILES string of the molecule is Cc1nc(C(=O)NCc2ccnc(OCC3CC3)c2)c(C)o1. The molecule has 0 radical (unpaired) electrons. The molecule has 1 aliphatic rings. The number of aromatic nitrogens is 2. The van der Waals surface area contributed by atoms with Crippen molar-refractivity contribution in [3.05, 3.63) is 41.2 Å². The van der Waals surface area contributed by atoms with Crippen LogP contribution in [0.3, 0.4) is 0 Å². The average molecular weight is 301 g/mol. The van der Waals surface area contributed by atoms with Gasteiger partial charge in [-0.25, -0.2) is 9.97 Å². The first-order valence-electron chi connectivity index (χ1n) is 7.42. The smallest absolute Gasteiger partial charge is 0.273 e. The van der Waals surface area contributed by atoms with Crippen LogP contribution in [0.4, 0.5) is 0 Å². The van der Waals surface area contributed by atoms with Crippen LogP contribution in [-0.4, -0.2) is 22.5 Å². The minimum absolute atomic E-state index is 0.244. The van der Waals surface area contributed by atoms with Gasteiger partial charge in [0.2, 0.25) is 5.88 Å². The Hall–Kier alpha value is -2.37. The van der Waals surface area contributed by atoms with Gasteiger partial charge < -0.3 is 14.5 Å². The zero-order chi connectivity index (χ0) is 15.5. The van der Waals surface area contributed by atoms with Crippen LogP contribution in [0, 0.1) is 19.8 Å². The third-order valence-corrected chi connectivity index (χ3v) is 3.53. The van der Waals surface area contributed by atoms with Crippen LogP contribution in [0.5, 0.6) is 5.88 Å². The molecule has 3 rings (SSSR count). The summed E-state index contributed by atoms with van der Waals surface area (Å²) in [5, 5.41) is 2.83. The number of nitrogens with one attached hydrogen (secondary N) is 1. The minimum Gasteiger partial charge on any atom is -0.477 e. The summed E-state index contributed by atoms with van der Waals surface area (Å²) in [4.78, 5) is 20.3. The first-order chi connectivity index (χ1) is 10.6. The maximum Gasteiger partial charge on any atom is 0.273 e. The van der Waals surface area contributed by atoms with E-state index in [1.54, 1.807) is 20.0 Å². The molecule has 22 heavy (non-hydrogen) atoms. The third-order valence-electron chi connectivity index (χ3n) is 3.53. The van der Waals surface area contributed by atoms with E-state index in [9.17, 15) is 4.79 Å². The summed E-state index contributed by atoms with van der Waals surface area (Å²) in [6.07, 6.45) is 4.17. The Kier molecular flexibility index (Phi) is 4.09. The van der Waals surface area contributed by atoms with E-state index in [1.165, 1.54) is 12.8 Å². The van der Waals surface area contributed by atoms with Gasteiger partial charge in [0, 0.05) is 25.7 Å². The molecule has 0 atom stereocenters. The van der Waals surface area contributed by atoms with Gasteiger partial charge in [0.05, 0.1) is 6.61 Å². The summed E-state index contributed by atoms with van der Waals surface area (Å²) in [6.45, 7) is 4.56. The van der Waals surface area contributed by atoms with E-state index in [2.05, 4.69) is 15.3 Å². The van der Waals surface area contributed by atoms with E-state index < -0.39 is 0 Å². The number of aryl methyl sites for hydroxylation is 2. The number of pyridine rings is 1. The number of hydrogen-bond acceptors (Lipinski definition) is 5. The van der Waals surface area contributed by atoms with Crippen LogP contribution in [0.1, 0.15) is 40.5 Å². The maximum atomic E-state index is 12.1. The highest BCUT2D eigenvalue weighted by Crippen LogP contribution is 2.29. The quantitative estimate of drug-likeness (QED) is 0.886. The first-order valence-corrected chi connectivity index (χ1v) is 7.42. The van der Waals surface area contributed by atoms with Gasteiger partial charge in [-0.05, 0) is 37.3 Å². The number of carbonyl (C=O) groups is 1. The molecule has 0 spiro atoms. The van der Waals surface area contributed by atoms with Crippen molar-refractivity contribution in [3.8, 4) is 5.88 Å². The average Bonchev–Trinajstić information content (AvgIpc) is 3.27. The lowest BCUT2D eigenvalue weighted by Crippen LogP contribution is -2.24. The number of ether oxygens (including phenoxy) is 1. The van der Waals surface area contributed by atoms with Gasteiger partial charge in [-0.1, -0.05) is 0 Å². The zero-order valence-electron chi connectivity index (χ0n) is 12.8. The molecular formula is C16H19N3O3. The number of hydrogen-bond donors (Lipinski definition) is 1. The Bertz CT molecular complexity index is 677. The van der Waals surface area contributed by atoms with E-state index in [0.29, 0.717) is 35.7 Å². The molecular weight excluding hydrogens is 282 g/mol. The Morgan fingerprint density at radius 3 is 2.95 bits per heavy atom. The molecule has 2 aromatic rings. The van der Waals surface area contributed by atoms with Crippen LogP contribution >= 0.6 is 0 Å². The molecule has 116 valence electrons. The summed E-state index contributed by atoms with van der Waals surface area (Å²) in [7, 11) is 0. The van der Waals surface area contributed by atoms with Gasteiger partial charge in [-0.3, -0.25) is 4.79 Å². The molecule has 1 saturated carbocycles. The predicted octanol–water partition coefficient (Wildman–Crippen LogP) is 2.41. The van der Waals surface area contributed by atoms with Gasteiger partial charge in [-0.2, -0.15) is 0 Å². The molecule has 6 nitrogen and oxygen atoms in total. The predicted molar refractivity (Wildman–Crippen MR) is 79.6 cm³/mol. The fraction of sp³-hybridized carbons (Fsp3) is 0.438. The Morgan fingerprint density at radius 2 is 2.27 bits per heavy atom. The Labute approximate surface area is 128 Å². The standard InChI is InChI=1S/C16H19N3O3/c1-10-15(19-11(2)22-10)16(20)18-8-13-5-6-17-14(7-13)21-9-12-3-4-12/h5-7,12H,3-4,8-9H2,1-2H3,(H,18,20). The van der Waals surface area contributed by atoms with Crippen molar-refractivity contribution in [2.75, 3.05) is 6.61 Å². The molecule has 2 heterocycles. The number of amides is 1. The lowest BCUT2D eigenvalue weighted by Gasteiger charge is -2.07. The van der Waals surface area contributed by atoms with Crippen LogP contribution in [0.25, 0.3) is 0 Å². The van der Waals surface area contributed by atoms with E-state index in [1.807, 2.05) is 12.1 Å². The summed E-state index contributed by atoms with van der Waals surface area (Å²) in [5.74, 6) is 2.06. The van der Waals surface area contributed by atoms with Crippen molar-refractivity contribution in [2.45, 2.75) is 33.2 Å². The van der Waals surface area contributed by atoms with Gasteiger partial charge in [0.25, 0.3) is 5.91 Å². The van der Waals surface area contributed by atoms with E-state index in [0.717, 1.165) is 12.2 Å². The molecule has 6 heteroatoms. The summed E-state index contributed by atoms with van der Waals surface area (Å²) < 4.78 is 10.9. The molecule has 0 saturated heterocycles. The van der Waals surface area contributed by atoms with Gasteiger partial charge in [0.15, 0.2) is 11.6 Å². The first kappa shape index (κ1) is 14.6. The van der Waals surface area contributed by atoms with Crippen molar-refractivity contribution in [2.24, 2.45) is 5.92 Å². The van der Waals surface area contributed by atoms with E-state index >= 15 is 0 Å². The van der Waals surface area contributed by atoms with E-state index in [4.69, 9.17) is 9.15 Å². The molecule has 1 N–H and O–H groups in total. The molecule has 0 bridgehead atoms. The zero-order valence-corrected chi connectivity index (χ0v) is 12.8. The van der Waals surface area contributed by atoms with Gasteiger partial charge >= 0.3 is 0 Å². The fourth-order valence-electron chi connectivity index (χ4n) is 2.13. The number of carbonyl (C=O) groups excluding carboxylic acids is 1. The van der Waals surface area contributed by atoms with Crippen molar-refractivity contribution >= 4 is 5.91 Å². The number of oxazole rings is 1. The van der Waals surface area contributed by atoms with Gasteiger partial charge in [0.1, 0.15) is 5.76 Å². The number of rotatable bonds is 6. The molecule has 1 aliphatic carbocycles. The monoisotopic (exact) mass is 301 g/mol. The van der Waals surface area contributed by atoms with Crippen LogP contribution in [0.2, 0.25) is 0 Å². The largest absolute Gasteiger partial charge is 0.477 e. The van der Waals surface area contributed by atoms with Gasteiger partial charge in [-0.15, -0.1) is 0 Å². The minimum atomic E-state index is -0.244. The second-order valence-electron chi connectivity index (χ2n) is 5.58. The number of nitrogens with zero attached hydrogens (tertiary/aromatic N) is 2. The molecule has 2 aromatic heterocycles. The summed E-state index contributed by atoms with van der Waals surface area (Å²) in [5.41, 5.74) is 1.27. The second kappa shape index (κ2) is 6.17. The normalized spacial score (nSPS) is 13.9. The van der Waals surface area contributed by atoms with Crippen molar-refractivity contribution in [1.29, 1.82) is 0 Å². The lowest BCUT2D eigenvalue weighted by molar-refractivity contribution is 0.0945. The van der Waals surface area contributed by atoms with Crippen molar-refractivity contribution < 1.29 is 13.9 Å². The van der Waals surface area contributed by atoms with E-state index in [-0.39, 0.29) is 5.91 Å². The second-order valence-corrected chi connectivity index (χ2v) is 5.58. The van der Waals surface area contributed by atoms with Crippen LogP contribution in [-0.2, 0) is 6.54 Å².